The summed E-state index contributed by atoms with van der Waals surface area (Å²) in [6, 6.07) is 16.2. The highest BCUT2D eigenvalue weighted by atomic mass is 32.1. The Morgan fingerprint density at radius 2 is 1.90 bits per heavy atom. The fourth-order valence-electron chi connectivity index (χ4n) is 3.45. The standard InChI is InChI=1S/C23H17N3O3S/c1-13-3-7-20-18(9-13)26(2)23(28)16-11-15(5-8-19(16)29-20)25-22(27)14-4-6-17-21(10-14)30-12-24-17/h3-12H,1-2H3,(H,25,27). The lowest BCUT2D eigenvalue weighted by molar-refractivity contribution is 0.0990. The van der Waals surface area contributed by atoms with Gasteiger partial charge in [0.05, 0.1) is 27.0 Å². The number of carbonyl (C=O) groups excluding carboxylic acids is 2. The lowest BCUT2D eigenvalue weighted by Crippen LogP contribution is -2.25. The van der Waals surface area contributed by atoms with Gasteiger partial charge in [0.15, 0.2) is 5.75 Å². The lowest BCUT2D eigenvalue weighted by Gasteiger charge is -2.16. The minimum absolute atomic E-state index is 0.198. The molecule has 3 aromatic carbocycles. The predicted molar refractivity (Wildman–Crippen MR) is 118 cm³/mol. The number of hydrogen-bond donors (Lipinski definition) is 1. The maximum Gasteiger partial charge on any atom is 0.261 e. The molecule has 148 valence electrons. The molecule has 0 fully saturated rings. The predicted octanol–water partition coefficient (Wildman–Crippen LogP) is 5.24. The Morgan fingerprint density at radius 1 is 1.07 bits per heavy atom. The van der Waals surface area contributed by atoms with Gasteiger partial charge >= 0.3 is 0 Å². The van der Waals surface area contributed by atoms with E-state index in [1.807, 2.05) is 37.3 Å². The van der Waals surface area contributed by atoms with Crippen LogP contribution < -0.4 is 15.0 Å². The van der Waals surface area contributed by atoms with Crippen LogP contribution in [0, 0.1) is 6.92 Å². The van der Waals surface area contributed by atoms with Crippen molar-refractivity contribution in [1.29, 1.82) is 0 Å². The average molecular weight is 415 g/mol. The Labute approximate surface area is 176 Å². The van der Waals surface area contributed by atoms with Crippen molar-refractivity contribution in [3.05, 3.63) is 76.8 Å². The van der Waals surface area contributed by atoms with E-state index < -0.39 is 0 Å². The highest BCUT2D eigenvalue weighted by Gasteiger charge is 2.26. The van der Waals surface area contributed by atoms with E-state index in [0.717, 1.165) is 15.8 Å². The zero-order valence-electron chi connectivity index (χ0n) is 16.3. The second kappa shape index (κ2) is 6.96. The third-order valence-corrected chi connectivity index (χ3v) is 5.85. The first-order valence-corrected chi connectivity index (χ1v) is 10.2. The molecule has 30 heavy (non-hydrogen) atoms. The number of aryl methyl sites for hydroxylation is 1. The first kappa shape index (κ1) is 18.3. The van der Waals surface area contributed by atoms with E-state index in [4.69, 9.17) is 4.74 Å². The Bertz CT molecular complexity index is 1330. The molecule has 1 aromatic heterocycles. The van der Waals surface area contributed by atoms with Crippen molar-refractivity contribution in [2.75, 3.05) is 17.3 Å². The number of thiazole rings is 1. The van der Waals surface area contributed by atoms with Crippen molar-refractivity contribution in [2.24, 2.45) is 0 Å². The summed E-state index contributed by atoms with van der Waals surface area (Å²) in [7, 11) is 1.72. The van der Waals surface area contributed by atoms with Gasteiger partial charge in [0.25, 0.3) is 11.8 Å². The molecule has 4 aromatic rings. The van der Waals surface area contributed by atoms with Crippen LogP contribution in [0.1, 0.15) is 26.3 Å². The van der Waals surface area contributed by atoms with E-state index >= 15 is 0 Å². The van der Waals surface area contributed by atoms with Gasteiger partial charge in [-0.2, -0.15) is 0 Å². The van der Waals surface area contributed by atoms with E-state index in [1.54, 1.807) is 41.7 Å². The van der Waals surface area contributed by atoms with Crippen LogP contribution in [0.4, 0.5) is 11.4 Å². The molecule has 0 saturated heterocycles. The number of rotatable bonds is 2. The summed E-state index contributed by atoms with van der Waals surface area (Å²) in [6.45, 7) is 1.97. The molecule has 1 aliphatic heterocycles. The number of ether oxygens (including phenoxy) is 1. The molecule has 2 amide bonds. The first-order valence-electron chi connectivity index (χ1n) is 9.35. The Kier molecular flexibility index (Phi) is 4.25. The summed E-state index contributed by atoms with van der Waals surface area (Å²) >= 11 is 1.48. The molecule has 2 heterocycles. The van der Waals surface area contributed by atoms with E-state index in [9.17, 15) is 9.59 Å². The lowest BCUT2D eigenvalue weighted by atomic mass is 10.1. The monoisotopic (exact) mass is 415 g/mol. The van der Waals surface area contributed by atoms with Crippen LogP contribution in [0.25, 0.3) is 10.2 Å². The van der Waals surface area contributed by atoms with E-state index in [1.165, 1.54) is 11.3 Å². The molecule has 0 aliphatic carbocycles. The summed E-state index contributed by atoms with van der Waals surface area (Å²) in [5, 5.41) is 2.87. The van der Waals surface area contributed by atoms with Crippen molar-refractivity contribution in [1.82, 2.24) is 4.98 Å². The van der Waals surface area contributed by atoms with Crippen LogP contribution >= 0.6 is 11.3 Å². The molecule has 5 rings (SSSR count). The minimum atomic E-state index is -0.250. The number of hydrogen-bond acceptors (Lipinski definition) is 5. The van der Waals surface area contributed by atoms with Crippen molar-refractivity contribution in [3.8, 4) is 11.5 Å². The third-order valence-electron chi connectivity index (χ3n) is 5.06. The number of carbonyl (C=O) groups is 2. The van der Waals surface area contributed by atoms with Crippen LogP contribution in [-0.2, 0) is 0 Å². The molecule has 0 unspecified atom stereocenters. The summed E-state index contributed by atoms with van der Waals surface area (Å²) in [5.74, 6) is 0.624. The number of amides is 2. The quantitative estimate of drug-likeness (QED) is 0.486. The maximum absolute atomic E-state index is 13.1. The van der Waals surface area contributed by atoms with E-state index in [2.05, 4.69) is 10.3 Å². The topological polar surface area (TPSA) is 71.5 Å². The molecular formula is C23H17N3O3S. The van der Waals surface area contributed by atoms with Gasteiger partial charge < -0.3 is 15.0 Å². The van der Waals surface area contributed by atoms with Gasteiger partial charge in [0.2, 0.25) is 0 Å². The van der Waals surface area contributed by atoms with Crippen molar-refractivity contribution >= 4 is 44.7 Å². The summed E-state index contributed by atoms with van der Waals surface area (Å²) in [6.07, 6.45) is 0. The molecule has 0 saturated carbocycles. The number of nitrogens with zero attached hydrogens (tertiary/aromatic N) is 2. The Balaban J connectivity index is 1.46. The summed E-state index contributed by atoms with van der Waals surface area (Å²) in [5.41, 5.74) is 5.80. The molecular weight excluding hydrogens is 398 g/mol. The van der Waals surface area contributed by atoms with Crippen LogP contribution in [0.2, 0.25) is 0 Å². The van der Waals surface area contributed by atoms with Crippen LogP contribution in [0.3, 0.4) is 0 Å². The highest BCUT2D eigenvalue weighted by Crippen LogP contribution is 2.39. The second-order valence-electron chi connectivity index (χ2n) is 7.14. The molecule has 0 radical (unpaired) electrons. The number of aromatic nitrogens is 1. The van der Waals surface area contributed by atoms with Crippen molar-refractivity contribution < 1.29 is 14.3 Å². The highest BCUT2D eigenvalue weighted by molar-refractivity contribution is 7.16. The van der Waals surface area contributed by atoms with Crippen LogP contribution in [-0.4, -0.2) is 23.8 Å². The third kappa shape index (κ3) is 3.09. The fraction of sp³-hybridized carbons (Fsp3) is 0.0870. The molecule has 0 spiro atoms. The molecule has 7 heteroatoms. The normalized spacial score (nSPS) is 12.7. The minimum Gasteiger partial charge on any atom is -0.454 e. The molecule has 0 atom stereocenters. The fourth-order valence-corrected chi connectivity index (χ4v) is 4.16. The SMILES string of the molecule is Cc1ccc2c(c1)N(C)C(=O)c1cc(NC(=O)c3ccc4ncsc4c3)ccc1O2. The van der Waals surface area contributed by atoms with Gasteiger partial charge in [0, 0.05) is 18.3 Å². The number of anilines is 2. The van der Waals surface area contributed by atoms with Gasteiger partial charge in [-0.15, -0.1) is 11.3 Å². The van der Waals surface area contributed by atoms with Gasteiger partial charge in [-0.3, -0.25) is 9.59 Å². The number of fused-ring (bicyclic) bond motifs is 3. The van der Waals surface area contributed by atoms with Crippen molar-refractivity contribution in [2.45, 2.75) is 6.92 Å². The van der Waals surface area contributed by atoms with Gasteiger partial charge in [-0.1, -0.05) is 6.07 Å². The van der Waals surface area contributed by atoms with Crippen LogP contribution in [0.5, 0.6) is 11.5 Å². The Morgan fingerprint density at radius 3 is 2.77 bits per heavy atom. The Hall–Kier alpha value is -3.71. The smallest absolute Gasteiger partial charge is 0.261 e. The molecule has 1 aliphatic rings. The van der Waals surface area contributed by atoms with Gasteiger partial charge in [-0.25, -0.2) is 4.98 Å². The summed E-state index contributed by atoms with van der Waals surface area (Å²) in [4.78, 5) is 31.6. The maximum atomic E-state index is 13.1. The zero-order valence-corrected chi connectivity index (χ0v) is 17.1. The molecule has 6 nitrogen and oxygen atoms in total. The van der Waals surface area contributed by atoms with E-state index in [0.29, 0.717) is 34.0 Å². The second-order valence-corrected chi connectivity index (χ2v) is 8.02. The number of benzene rings is 3. The average Bonchev–Trinajstić information content (AvgIpc) is 3.19. The molecule has 1 N–H and O–H groups in total. The zero-order chi connectivity index (χ0) is 20.8. The summed E-state index contributed by atoms with van der Waals surface area (Å²) < 4.78 is 6.95. The van der Waals surface area contributed by atoms with Crippen LogP contribution in [0.15, 0.2) is 60.1 Å². The van der Waals surface area contributed by atoms with E-state index in [-0.39, 0.29) is 11.8 Å². The van der Waals surface area contributed by atoms with Crippen molar-refractivity contribution in [3.63, 3.8) is 0 Å². The van der Waals surface area contributed by atoms with Gasteiger partial charge in [-0.05, 0) is 61.0 Å². The molecule has 0 bridgehead atoms. The first-order chi connectivity index (χ1) is 14.5. The largest absolute Gasteiger partial charge is 0.454 e. The number of nitrogens with one attached hydrogen (secondary N) is 1. The van der Waals surface area contributed by atoms with Gasteiger partial charge in [0.1, 0.15) is 5.75 Å².